The standard InChI is InChI=1S/C21H41O7PS/c1-19(2,3)28-29(25,26)27-15-21(7,8)18(24)17(23)13-9-11-16(22)12-10-14-30-20(4,5)6/h18,24H,9-15H2,1-8H3,(H,25,26). The van der Waals surface area contributed by atoms with E-state index in [1.165, 1.54) is 0 Å². The first kappa shape index (κ1) is 29.8. The van der Waals surface area contributed by atoms with Crippen molar-refractivity contribution < 1.29 is 33.2 Å². The quantitative estimate of drug-likeness (QED) is 0.273. The summed E-state index contributed by atoms with van der Waals surface area (Å²) in [5, 5.41) is 10.4. The number of Topliss-reactive ketones (excluding diaryl/α,β-unsaturated/α-hetero) is 2. The largest absolute Gasteiger partial charge is 0.472 e. The van der Waals surface area contributed by atoms with Crippen molar-refractivity contribution in [2.24, 2.45) is 5.41 Å². The Morgan fingerprint density at radius 2 is 1.50 bits per heavy atom. The van der Waals surface area contributed by atoms with Gasteiger partial charge in [-0.1, -0.05) is 34.6 Å². The minimum Gasteiger partial charge on any atom is -0.385 e. The second-order valence-corrected chi connectivity index (χ2v) is 13.6. The first-order valence-corrected chi connectivity index (χ1v) is 12.9. The Kier molecular flexibility index (Phi) is 12.0. The third kappa shape index (κ3) is 14.7. The van der Waals surface area contributed by atoms with E-state index in [4.69, 9.17) is 9.05 Å². The number of carbonyl (C=O) groups excluding carboxylic acids is 2. The number of hydrogen-bond acceptors (Lipinski definition) is 7. The second-order valence-electron chi connectivity index (χ2n) is 10.3. The molecule has 2 unspecified atom stereocenters. The van der Waals surface area contributed by atoms with Crippen LogP contribution in [0.3, 0.4) is 0 Å². The van der Waals surface area contributed by atoms with Crippen LogP contribution in [0.5, 0.6) is 0 Å². The minimum absolute atomic E-state index is 0.0718. The lowest BCUT2D eigenvalue weighted by Crippen LogP contribution is -2.39. The van der Waals surface area contributed by atoms with Crippen molar-refractivity contribution in [3.05, 3.63) is 0 Å². The first-order chi connectivity index (χ1) is 13.3. The molecule has 0 aliphatic rings. The van der Waals surface area contributed by atoms with Gasteiger partial charge in [-0.3, -0.25) is 18.6 Å². The fourth-order valence-corrected chi connectivity index (χ4v) is 4.65. The third-order valence-electron chi connectivity index (χ3n) is 4.05. The fourth-order valence-electron chi connectivity index (χ4n) is 2.50. The maximum atomic E-state index is 12.3. The van der Waals surface area contributed by atoms with Gasteiger partial charge in [0.1, 0.15) is 11.9 Å². The molecule has 0 saturated heterocycles. The van der Waals surface area contributed by atoms with Crippen molar-refractivity contribution in [1.82, 2.24) is 0 Å². The van der Waals surface area contributed by atoms with Crippen molar-refractivity contribution in [2.45, 2.75) is 104 Å². The monoisotopic (exact) mass is 468 g/mol. The molecule has 0 rings (SSSR count). The van der Waals surface area contributed by atoms with Gasteiger partial charge in [-0.15, -0.1) is 0 Å². The molecular weight excluding hydrogens is 427 g/mol. The van der Waals surface area contributed by atoms with Gasteiger partial charge in [0.05, 0.1) is 12.2 Å². The maximum Gasteiger partial charge on any atom is 0.472 e. The van der Waals surface area contributed by atoms with E-state index in [9.17, 15) is 24.2 Å². The Morgan fingerprint density at radius 1 is 0.967 bits per heavy atom. The summed E-state index contributed by atoms with van der Waals surface area (Å²) in [5.41, 5.74) is -1.95. The van der Waals surface area contributed by atoms with E-state index in [0.29, 0.717) is 19.3 Å². The summed E-state index contributed by atoms with van der Waals surface area (Å²) in [4.78, 5) is 34.1. The molecule has 0 aliphatic heterocycles. The summed E-state index contributed by atoms with van der Waals surface area (Å²) < 4.78 is 22.1. The second kappa shape index (κ2) is 12.1. The Morgan fingerprint density at radius 3 is 2.00 bits per heavy atom. The molecule has 2 atom stereocenters. The Balaban J connectivity index is 4.35. The van der Waals surface area contributed by atoms with Crippen LogP contribution in [0.25, 0.3) is 0 Å². The van der Waals surface area contributed by atoms with Gasteiger partial charge in [0.25, 0.3) is 0 Å². The topological polar surface area (TPSA) is 110 Å². The Hall–Kier alpha value is -0.240. The molecule has 0 fully saturated rings. The molecule has 0 radical (unpaired) electrons. The molecule has 0 saturated carbocycles. The molecule has 0 aromatic rings. The number of hydrogen-bond donors (Lipinski definition) is 2. The van der Waals surface area contributed by atoms with Crippen LogP contribution in [0.1, 0.15) is 87.5 Å². The van der Waals surface area contributed by atoms with Gasteiger partial charge in [0.15, 0.2) is 5.78 Å². The van der Waals surface area contributed by atoms with Crippen molar-refractivity contribution in [3.63, 3.8) is 0 Å². The van der Waals surface area contributed by atoms with Crippen LogP contribution in [-0.4, -0.2) is 50.4 Å². The van der Waals surface area contributed by atoms with Gasteiger partial charge in [0.2, 0.25) is 0 Å². The van der Waals surface area contributed by atoms with Crippen molar-refractivity contribution in [1.29, 1.82) is 0 Å². The van der Waals surface area contributed by atoms with Gasteiger partial charge in [-0.05, 0) is 39.4 Å². The average Bonchev–Trinajstić information content (AvgIpc) is 2.53. The lowest BCUT2D eigenvalue weighted by Gasteiger charge is -2.31. The molecule has 0 amide bonds. The molecule has 178 valence electrons. The molecule has 0 aromatic carbocycles. The highest BCUT2D eigenvalue weighted by Crippen LogP contribution is 2.48. The highest BCUT2D eigenvalue weighted by molar-refractivity contribution is 8.00. The van der Waals surface area contributed by atoms with Crippen LogP contribution < -0.4 is 0 Å². The maximum absolute atomic E-state index is 12.3. The highest BCUT2D eigenvalue weighted by atomic mass is 32.2. The Bertz CT molecular complexity index is 605. The van der Waals surface area contributed by atoms with Crippen LogP contribution >= 0.6 is 19.6 Å². The zero-order valence-corrected chi connectivity index (χ0v) is 21.5. The molecule has 0 bridgehead atoms. The number of rotatable bonds is 14. The van der Waals surface area contributed by atoms with Gasteiger partial charge in [-0.2, -0.15) is 11.8 Å². The molecule has 30 heavy (non-hydrogen) atoms. The molecule has 2 N–H and O–H groups in total. The lowest BCUT2D eigenvalue weighted by molar-refractivity contribution is -0.135. The minimum atomic E-state index is -4.31. The van der Waals surface area contributed by atoms with Crippen molar-refractivity contribution in [2.75, 3.05) is 12.4 Å². The number of thioether (sulfide) groups is 1. The van der Waals surface area contributed by atoms with Gasteiger partial charge in [-0.25, -0.2) is 4.57 Å². The van der Waals surface area contributed by atoms with Gasteiger partial charge < -0.3 is 10.00 Å². The van der Waals surface area contributed by atoms with Crippen LogP contribution in [-0.2, 0) is 23.2 Å². The first-order valence-electron chi connectivity index (χ1n) is 10.4. The van der Waals surface area contributed by atoms with E-state index >= 15 is 0 Å². The number of aliphatic hydroxyl groups excluding tert-OH is 1. The number of phosphoric ester groups is 1. The molecule has 0 aromatic heterocycles. The van der Waals surface area contributed by atoms with E-state index in [1.54, 1.807) is 34.6 Å². The summed E-state index contributed by atoms with van der Waals surface area (Å²) in [7, 11) is -4.31. The summed E-state index contributed by atoms with van der Waals surface area (Å²) in [5.74, 6) is 0.633. The zero-order chi connectivity index (χ0) is 23.8. The van der Waals surface area contributed by atoms with Gasteiger partial charge >= 0.3 is 7.82 Å². The third-order valence-corrected chi connectivity index (χ3v) is 6.64. The number of aliphatic hydroxyl groups is 1. The molecule has 9 heteroatoms. The zero-order valence-electron chi connectivity index (χ0n) is 19.8. The average molecular weight is 469 g/mol. The highest BCUT2D eigenvalue weighted by Gasteiger charge is 2.37. The van der Waals surface area contributed by atoms with E-state index in [2.05, 4.69) is 20.8 Å². The van der Waals surface area contributed by atoms with E-state index in [0.717, 1.165) is 12.2 Å². The molecule has 0 spiro atoms. The van der Waals surface area contributed by atoms with Crippen LogP contribution in [0.2, 0.25) is 0 Å². The summed E-state index contributed by atoms with van der Waals surface area (Å²) in [6.45, 7) is 14.1. The van der Waals surface area contributed by atoms with Crippen LogP contribution in [0, 0.1) is 5.41 Å². The van der Waals surface area contributed by atoms with Crippen molar-refractivity contribution >= 4 is 31.2 Å². The molecule has 0 aliphatic carbocycles. The number of ketones is 2. The van der Waals surface area contributed by atoms with Gasteiger partial charge in [0, 0.05) is 29.4 Å². The number of phosphoric acid groups is 1. The van der Waals surface area contributed by atoms with Crippen LogP contribution in [0.4, 0.5) is 0 Å². The smallest absolute Gasteiger partial charge is 0.385 e. The molecular formula is C21H41O7PS. The number of carbonyl (C=O) groups is 2. The van der Waals surface area contributed by atoms with E-state index in [1.807, 2.05) is 11.8 Å². The summed E-state index contributed by atoms with van der Waals surface area (Å²) in [6.07, 6.45) is 0.705. The molecule has 0 heterocycles. The predicted octanol–water partition coefficient (Wildman–Crippen LogP) is 4.93. The van der Waals surface area contributed by atoms with Crippen molar-refractivity contribution in [3.8, 4) is 0 Å². The lowest BCUT2D eigenvalue weighted by atomic mass is 9.84. The van der Waals surface area contributed by atoms with Crippen LogP contribution in [0.15, 0.2) is 0 Å². The SMILES string of the molecule is CC(C)(C)OP(=O)(O)OCC(C)(C)C(O)C(=O)CCCC(=O)CCCSC(C)(C)C. The van der Waals surface area contributed by atoms with E-state index in [-0.39, 0.29) is 23.6 Å². The normalized spacial score (nSPS) is 16.2. The summed E-state index contributed by atoms with van der Waals surface area (Å²) in [6, 6.07) is 0. The van der Waals surface area contributed by atoms with E-state index < -0.39 is 30.7 Å². The predicted molar refractivity (Wildman–Crippen MR) is 122 cm³/mol. The fraction of sp³-hybridized carbons (Fsp3) is 0.905. The Labute approximate surface area is 186 Å². The molecule has 7 nitrogen and oxygen atoms in total. The summed E-state index contributed by atoms with van der Waals surface area (Å²) >= 11 is 1.82.